The van der Waals surface area contributed by atoms with Gasteiger partial charge in [0.15, 0.2) is 11.1 Å². The molecule has 0 aliphatic heterocycles. The minimum atomic E-state index is -4.75. The molecule has 0 saturated carbocycles. The Bertz CT molecular complexity index is 1270. The van der Waals surface area contributed by atoms with Crippen LogP contribution in [0.5, 0.6) is 0 Å². The molecule has 0 atom stereocenters. The number of para-hydroxylation sites is 2. The van der Waals surface area contributed by atoms with Crippen LogP contribution in [0.2, 0.25) is 0 Å². The highest BCUT2D eigenvalue weighted by atomic mass is 19.4. The van der Waals surface area contributed by atoms with Crippen LogP contribution in [-0.2, 0) is 6.18 Å². The van der Waals surface area contributed by atoms with Crippen molar-refractivity contribution in [2.24, 2.45) is 0 Å². The first-order chi connectivity index (χ1) is 14.3. The quantitative estimate of drug-likeness (QED) is 0.450. The number of halogens is 3. The number of hydrogen-bond donors (Lipinski definition) is 0. The van der Waals surface area contributed by atoms with Gasteiger partial charge in [-0.3, -0.25) is 9.36 Å². The highest BCUT2D eigenvalue weighted by Crippen LogP contribution is 2.35. The number of hydrogen-bond acceptors (Lipinski definition) is 3. The summed E-state index contributed by atoms with van der Waals surface area (Å²) in [6, 6.07) is 21.0. The van der Waals surface area contributed by atoms with Crippen molar-refractivity contribution in [3.63, 3.8) is 0 Å². The van der Waals surface area contributed by atoms with Crippen LogP contribution in [0.3, 0.4) is 0 Å². The first-order valence-corrected chi connectivity index (χ1v) is 9.26. The van der Waals surface area contributed by atoms with E-state index < -0.39 is 22.7 Å². The van der Waals surface area contributed by atoms with E-state index in [9.17, 15) is 18.0 Å². The Hall–Kier alpha value is -3.61. The van der Waals surface area contributed by atoms with Crippen LogP contribution in [0.1, 0.15) is 11.4 Å². The van der Waals surface area contributed by atoms with E-state index in [1.54, 1.807) is 40.8 Å². The predicted octanol–water partition coefficient (Wildman–Crippen LogP) is 5.48. The second-order valence-electron chi connectivity index (χ2n) is 6.94. The van der Waals surface area contributed by atoms with Gasteiger partial charge in [0.1, 0.15) is 5.82 Å². The van der Waals surface area contributed by atoms with Crippen LogP contribution in [-0.4, -0.2) is 16.6 Å². The minimum absolute atomic E-state index is 0.159. The molecule has 4 aromatic rings. The number of rotatable bonds is 3. The summed E-state index contributed by atoms with van der Waals surface area (Å²) in [6.45, 7) is 1.49. The Morgan fingerprint density at radius 2 is 1.53 bits per heavy atom. The molecule has 152 valence electrons. The number of fused-ring (bicyclic) bond motifs is 1. The maximum Gasteiger partial charge on any atom is 0.434 e. The van der Waals surface area contributed by atoms with E-state index in [1.165, 1.54) is 19.1 Å². The van der Waals surface area contributed by atoms with Crippen LogP contribution >= 0.6 is 0 Å². The summed E-state index contributed by atoms with van der Waals surface area (Å²) < 4.78 is 42.8. The van der Waals surface area contributed by atoms with Crippen molar-refractivity contribution in [1.29, 1.82) is 0 Å². The van der Waals surface area contributed by atoms with Gasteiger partial charge in [0.25, 0.3) is 0 Å². The number of benzene rings is 2. The molecule has 0 fully saturated rings. The second kappa shape index (κ2) is 7.33. The van der Waals surface area contributed by atoms with Gasteiger partial charge in [0.2, 0.25) is 0 Å². The summed E-state index contributed by atoms with van der Waals surface area (Å²) >= 11 is 0. The molecule has 0 amide bonds. The third kappa shape index (κ3) is 3.43. The molecule has 2 heterocycles. The van der Waals surface area contributed by atoms with E-state index in [2.05, 4.69) is 4.98 Å². The number of aromatic nitrogens is 2. The first-order valence-electron chi connectivity index (χ1n) is 9.26. The van der Waals surface area contributed by atoms with Gasteiger partial charge in [-0.25, -0.2) is 4.98 Å². The van der Waals surface area contributed by atoms with Crippen molar-refractivity contribution in [3.8, 4) is 5.69 Å². The molecule has 0 aliphatic carbocycles. The summed E-state index contributed by atoms with van der Waals surface area (Å²) in [5.74, 6) is 0.448. The third-order valence-electron chi connectivity index (χ3n) is 4.87. The summed E-state index contributed by atoms with van der Waals surface area (Å²) in [6.07, 6.45) is -4.75. The van der Waals surface area contributed by atoms with Crippen LogP contribution < -0.4 is 10.3 Å². The zero-order valence-electron chi connectivity index (χ0n) is 16.3. The molecule has 7 heteroatoms. The van der Waals surface area contributed by atoms with Gasteiger partial charge in [0.05, 0.1) is 10.9 Å². The molecule has 30 heavy (non-hydrogen) atoms. The molecule has 0 N–H and O–H groups in total. The lowest BCUT2D eigenvalue weighted by Crippen LogP contribution is -2.22. The van der Waals surface area contributed by atoms with E-state index >= 15 is 0 Å². The van der Waals surface area contributed by atoms with Crippen molar-refractivity contribution in [2.45, 2.75) is 13.1 Å². The molecule has 0 unspecified atom stereocenters. The van der Waals surface area contributed by atoms with Gasteiger partial charge in [-0.2, -0.15) is 13.2 Å². The number of pyridine rings is 2. The summed E-state index contributed by atoms with van der Waals surface area (Å²) in [7, 11) is 1.77. The molecule has 2 aromatic heterocycles. The normalized spacial score (nSPS) is 11.6. The van der Waals surface area contributed by atoms with Crippen LogP contribution in [0.4, 0.5) is 24.7 Å². The Balaban J connectivity index is 2.15. The molecule has 0 radical (unpaired) electrons. The van der Waals surface area contributed by atoms with Gasteiger partial charge >= 0.3 is 6.18 Å². The summed E-state index contributed by atoms with van der Waals surface area (Å²) in [5.41, 5.74) is -0.123. The monoisotopic (exact) mass is 409 g/mol. The van der Waals surface area contributed by atoms with Crippen molar-refractivity contribution < 1.29 is 13.2 Å². The number of alkyl halides is 3. The number of anilines is 2. The fraction of sp³-hybridized carbons (Fsp3) is 0.130. The highest BCUT2D eigenvalue weighted by molar-refractivity contribution is 5.87. The SMILES string of the molecule is Cc1cc2c(c(C(F)(F)F)n1)c(=O)cc(N(C)c1ccccc1)n2-c1ccccc1. The Labute approximate surface area is 170 Å². The molecule has 2 aromatic carbocycles. The molecule has 4 nitrogen and oxygen atoms in total. The van der Waals surface area contributed by atoms with Gasteiger partial charge in [-0.15, -0.1) is 0 Å². The van der Waals surface area contributed by atoms with Gasteiger partial charge in [0, 0.05) is 30.2 Å². The van der Waals surface area contributed by atoms with E-state index in [4.69, 9.17) is 0 Å². The van der Waals surface area contributed by atoms with Crippen molar-refractivity contribution in [1.82, 2.24) is 9.55 Å². The molecule has 0 spiro atoms. The predicted molar refractivity (Wildman–Crippen MR) is 112 cm³/mol. The van der Waals surface area contributed by atoms with Crippen molar-refractivity contribution >= 4 is 22.4 Å². The molecule has 0 aliphatic rings. The van der Waals surface area contributed by atoms with E-state index in [1.807, 2.05) is 36.4 Å². The fourth-order valence-corrected chi connectivity index (χ4v) is 3.54. The van der Waals surface area contributed by atoms with E-state index in [0.717, 1.165) is 5.69 Å². The molecular weight excluding hydrogens is 391 g/mol. The summed E-state index contributed by atoms with van der Waals surface area (Å²) in [4.78, 5) is 18.3. The van der Waals surface area contributed by atoms with E-state index in [0.29, 0.717) is 11.5 Å². The average Bonchev–Trinajstić information content (AvgIpc) is 2.73. The lowest BCUT2D eigenvalue weighted by atomic mass is 10.1. The van der Waals surface area contributed by atoms with Crippen molar-refractivity contribution in [3.05, 3.63) is 94.4 Å². The Kier molecular flexibility index (Phi) is 4.81. The molecular formula is C23H18F3N3O. The summed E-state index contributed by atoms with van der Waals surface area (Å²) in [5, 5.41) is -0.442. The van der Waals surface area contributed by atoms with Gasteiger partial charge in [-0.1, -0.05) is 36.4 Å². The first kappa shape index (κ1) is 19.7. The standard InChI is InChI=1S/C23H18F3N3O/c1-15-13-18-21(22(27-15)23(24,25)26)19(30)14-20(28(2)16-9-5-3-6-10-16)29(18)17-11-7-4-8-12-17/h3-14H,1-2H3. The van der Waals surface area contributed by atoms with Crippen LogP contribution in [0.25, 0.3) is 16.6 Å². The largest absolute Gasteiger partial charge is 0.434 e. The zero-order chi connectivity index (χ0) is 21.5. The Morgan fingerprint density at radius 3 is 2.13 bits per heavy atom. The van der Waals surface area contributed by atoms with Crippen molar-refractivity contribution in [2.75, 3.05) is 11.9 Å². The lowest BCUT2D eigenvalue weighted by Gasteiger charge is -2.26. The second-order valence-corrected chi connectivity index (χ2v) is 6.94. The maximum absolute atomic E-state index is 13.7. The van der Waals surface area contributed by atoms with E-state index in [-0.39, 0.29) is 11.2 Å². The van der Waals surface area contributed by atoms with Crippen LogP contribution in [0.15, 0.2) is 77.6 Å². The van der Waals surface area contributed by atoms with Gasteiger partial charge < -0.3 is 4.90 Å². The average molecular weight is 409 g/mol. The lowest BCUT2D eigenvalue weighted by molar-refractivity contribution is -0.139. The maximum atomic E-state index is 13.7. The zero-order valence-corrected chi connectivity index (χ0v) is 16.3. The topological polar surface area (TPSA) is 38.1 Å². The number of aryl methyl sites for hydroxylation is 1. The fourth-order valence-electron chi connectivity index (χ4n) is 3.54. The smallest absolute Gasteiger partial charge is 0.330 e. The van der Waals surface area contributed by atoms with Gasteiger partial charge in [-0.05, 0) is 37.3 Å². The molecule has 4 rings (SSSR count). The third-order valence-corrected chi connectivity index (χ3v) is 4.87. The molecule has 0 saturated heterocycles. The minimum Gasteiger partial charge on any atom is -0.330 e. The Morgan fingerprint density at radius 1 is 0.933 bits per heavy atom. The molecule has 0 bridgehead atoms. The highest BCUT2D eigenvalue weighted by Gasteiger charge is 2.36. The number of nitrogens with zero attached hydrogens (tertiary/aromatic N) is 3. The van der Waals surface area contributed by atoms with Crippen LogP contribution in [0, 0.1) is 6.92 Å².